The Hall–Kier alpha value is -1.88. The number of benzene rings is 1. The maximum Gasteiger partial charge on any atom is 0.137 e. The summed E-state index contributed by atoms with van der Waals surface area (Å²) in [6, 6.07) is 6.91. The molecule has 3 rings (SSSR count). The van der Waals surface area contributed by atoms with Gasteiger partial charge in [-0.05, 0) is 42.6 Å². The molecule has 0 aliphatic heterocycles. The van der Waals surface area contributed by atoms with Gasteiger partial charge in [0.05, 0.1) is 19.2 Å². The molecule has 2 atom stereocenters. The number of hydrogen-bond acceptors (Lipinski definition) is 4. The van der Waals surface area contributed by atoms with Crippen molar-refractivity contribution in [3.8, 4) is 5.75 Å². The molecule has 1 heterocycles. The van der Waals surface area contributed by atoms with Crippen LogP contribution < -0.4 is 10.1 Å². The van der Waals surface area contributed by atoms with Gasteiger partial charge in [-0.25, -0.2) is 9.67 Å². The molecular formula is C15H20N4O. The third-order valence-corrected chi connectivity index (χ3v) is 3.98. The lowest BCUT2D eigenvalue weighted by Gasteiger charge is -2.34. The average Bonchev–Trinajstić information content (AvgIpc) is 3.01. The first-order valence-corrected chi connectivity index (χ1v) is 7.07. The van der Waals surface area contributed by atoms with Crippen LogP contribution in [-0.2, 0) is 6.42 Å². The van der Waals surface area contributed by atoms with Gasteiger partial charge in [-0.2, -0.15) is 5.10 Å². The van der Waals surface area contributed by atoms with Gasteiger partial charge < -0.3 is 10.1 Å². The van der Waals surface area contributed by atoms with E-state index in [0.717, 1.165) is 25.1 Å². The van der Waals surface area contributed by atoms with Gasteiger partial charge in [-0.3, -0.25) is 0 Å². The van der Waals surface area contributed by atoms with Crippen LogP contribution in [0.3, 0.4) is 0 Å². The van der Waals surface area contributed by atoms with Crippen molar-refractivity contribution in [3.05, 3.63) is 42.0 Å². The monoisotopic (exact) mass is 272 g/mol. The van der Waals surface area contributed by atoms with Crippen LogP contribution in [0.5, 0.6) is 5.75 Å². The third kappa shape index (κ3) is 2.29. The van der Waals surface area contributed by atoms with Crippen LogP contribution in [0.25, 0.3) is 0 Å². The van der Waals surface area contributed by atoms with Crippen molar-refractivity contribution in [1.82, 2.24) is 20.1 Å². The summed E-state index contributed by atoms with van der Waals surface area (Å²) in [4.78, 5) is 4.08. The normalized spacial score (nSPS) is 21.5. The molecule has 0 saturated heterocycles. The van der Waals surface area contributed by atoms with Gasteiger partial charge in [-0.1, -0.05) is 13.0 Å². The van der Waals surface area contributed by atoms with Crippen LogP contribution in [0.2, 0.25) is 0 Å². The molecule has 0 bridgehead atoms. The number of ether oxygens (including phenoxy) is 1. The maximum absolute atomic E-state index is 5.37. The molecule has 1 aliphatic carbocycles. The van der Waals surface area contributed by atoms with Crippen molar-refractivity contribution in [2.75, 3.05) is 13.7 Å². The summed E-state index contributed by atoms with van der Waals surface area (Å²) < 4.78 is 7.34. The fraction of sp³-hybridized carbons (Fsp3) is 0.467. The number of aryl methyl sites for hydroxylation is 1. The van der Waals surface area contributed by atoms with Gasteiger partial charge in [-0.15, -0.1) is 0 Å². The van der Waals surface area contributed by atoms with Crippen molar-refractivity contribution in [3.63, 3.8) is 0 Å². The quantitative estimate of drug-likeness (QED) is 0.926. The molecule has 1 aliphatic rings. The summed E-state index contributed by atoms with van der Waals surface area (Å²) in [5.41, 5.74) is 2.71. The average molecular weight is 272 g/mol. The molecule has 2 unspecified atom stereocenters. The molecule has 5 heteroatoms. The number of methoxy groups -OCH3 is 1. The number of nitrogens with zero attached hydrogens (tertiary/aromatic N) is 3. The lowest BCUT2D eigenvalue weighted by atomic mass is 9.84. The van der Waals surface area contributed by atoms with E-state index in [-0.39, 0.29) is 6.04 Å². The minimum absolute atomic E-state index is 0.251. The maximum atomic E-state index is 5.37. The van der Waals surface area contributed by atoms with Crippen molar-refractivity contribution in [1.29, 1.82) is 0 Å². The standard InChI is InChI=1S/C15H20N4O/c1-3-17-15-13-8-12(20-2)6-4-11(13)5-7-14(15)19-10-16-9-18-19/h4,6,8-10,14-15,17H,3,5,7H2,1-2H3. The number of nitrogens with one attached hydrogen (secondary N) is 1. The summed E-state index contributed by atoms with van der Waals surface area (Å²) >= 11 is 0. The summed E-state index contributed by atoms with van der Waals surface area (Å²) in [6.45, 7) is 3.05. The molecule has 1 aromatic heterocycles. The van der Waals surface area contributed by atoms with Crippen LogP contribution in [-0.4, -0.2) is 28.4 Å². The topological polar surface area (TPSA) is 52.0 Å². The Bertz CT molecular complexity index is 567. The molecular weight excluding hydrogens is 252 g/mol. The highest BCUT2D eigenvalue weighted by Crippen LogP contribution is 2.38. The molecule has 0 amide bonds. The zero-order chi connectivity index (χ0) is 13.9. The number of aromatic nitrogens is 3. The van der Waals surface area contributed by atoms with Gasteiger partial charge in [0.2, 0.25) is 0 Å². The first kappa shape index (κ1) is 13.1. The van der Waals surface area contributed by atoms with Crippen LogP contribution in [0.4, 0.5) is 0 Å². The molecule has 0 fully saturated rings. The molecule has 0 spiro atoms. The van der Waals surface area contributed by atoms with Crippen molar-refractivity contribution in [2.45, 2.75) is 31.8 Å². The molecule has 0 saturated carbocycles. The SMILES string of the molecule is CCNC1c2cc(OC)ccc2CCC1n1cncn1. The van der Waals surface area contributed by atoms with Crippen LogP contribution in [0.15, 0.2) is 30.9 Å². The summed E-state index contributed by atoms with van der Waals surface area (Å²) in [5.74, 6) is 0.908. The summed E-state index contributed by atoms with van der Waals surface area (Å²) in [6.07, 6.45) is 5.54. The van der Waals surface area contributed by atoms with E-state index in [2.05, 4.69) is 34.5 Å². The van der Waals surface area contributed by atoms with E-state index in [1.165, 1.54) is 11.1 Å². The van der Waals surface area contributed by atoms with Gasteiger partial charge >= 0.3 is 0 Å². The molecule has 1 N–H and O–H groups in total. The minimum Gasteiger partial charge on any atom is -0.497 e. The van der Waals surface area contributed by atoms with Crippen LogP contribution in [0, 0.1) is 0 Å². The van der Waals surface area contributed by atoms with E-state index < -0.39 is 0 Å². The van der Waals surface area contributed by atoms with Gasteiger partial charge in [0, 0.05) is 0 Å². The highest BCUT2D eigenvalue weighted by Gasteiger charge is 2.31. The first-order chi connectivity index (χ1) is 9.83. The van der Waals surface area contributed by atoms with Crippen LogP contribution in [0.1, 0.15) is 36.6 Å². The van der Waals surface area contributed by atoms with E-state index in [1.54, 1.807) is 19.8 Å². The Morgan fingerprint density at radius 1 is 1.45 bits per heavy atom. The van der Waals surface area contributed by atoms with Crippen molar-refractivity contribution in [2.24, 2.45) is 0 Å². The Labute approximate surface area is 119 Å². The Kier molecular flexibility index (Phi) is 3.69. The minimum atomic E-state index is 0.251. The van der Waals surface area contributed by atoms with Gasteiger partial charge in [0.25, 0.3) is 0 Å². The number of rotatable bonds is 4. The van der Waals surface area contributed by atoms with Crippen molar-refractivity contribution < 1.29 is 4.74 Å². The Morgan fingerprint density at radius 3 is 3.05 bits per heavy atom. The smallest absolute Gasteiger partial charge is 0.137 e. The Morgan fingerprint density at radius 2 is 2.35 bits per heavy atom. The van der Waals surface area contributed by atoms with Gasteiger partial charge in [0.15, 0.2) is 0 Å². The van der Waals surface area contributed by atoms with E-state index in [9.17, 15) is 0 Å². The number of fused-ring (bicyclic) bond motifs is 1. The highest BCUT2D eigenvalue weighted by atomic mass is 16.5. The van der Waals surface area contributed by atoms with E-state index in [4.69, 9.17) is 4.74 Å². The van der Waals surface area contributed by atoms with E-state index >= 15 is 0 Å². The second-order valence-electron chi connectivity index (χ2n) is 5.08. The molecule has 0 radical (unpaired) electrons. The number of likely N-dealkylation sites (N-methyl/N-ethyl adjacent to an activating group) is 1. The predicted octanol–water partition coefficient (Wildman–Crippen LogP) is 2.12. The zero-order valence-electron chi connectivity index (χ0n) is 11.9. The number of hydrogen-bond donors (Lipinski definition) is 1. The van der Waals surface area contributed by atoms with Crippen molar-refractivity contribution >= 4 is 0 Å². The summed E-state index contributed by atoms with van der Waals surface area (Å²) in [7, 11) is 1.71. The Balaban J connectivity index is 2.00. The molecule has 5 nitrogen and oxygen atoms in total. The highest BCUT2D eigenvalue weighted by molar-refractivity contribution is 5.40. The fourth-order valence-corrected chi connectivity index (χ4v) is 3.03. The largest absolute Gasteiger partial charge is 0.497 e. The van der Waals surface area contributed by atoms with E-state index in [1.807, 2.05) is 10.7 Å². The lowest BCUT2D eigenvalue weighted by Crippen LogP contribution is -2.34. The van der Waals surface area contributed by atoms with Gasteiger partial charge in [0.1, 0.15) is 18.4 Å². The second-order valence-corrected chi connectivity index (χ2v) is 5.08. The first-order valence-electron chi connectivity index (χ1n) is 7.07. The predicted molar refractivity (Wildman–Crippen MR) is 76.8 cm³/mol. The third-order valence-electron chi connectivity index (χ3n) is 3.98. The molecule has 20 heavy (non-hydrogen) atoms. The molecule has 106 valence electrons. The second kappa shape index (κ2) is 5.63. The lowest BCUT2D eigenvalue weighted by molar-refractivity contribution is 0.298. The molecule has 2 aromatic rings. The van der Waals surface area contributed by atoms with E-state index in [0.29, 0.717) is 6.04 Å². The summed E-state index contributed by atoms with van der Waals surface area (Å²) in [5, 5.41) is 7.91. The van der Waals surface area contributed by atoms with Crippen LogP contribution >= 0.6 is 0 Å². The molecule has 1 aromatic carbocycles. The zero-order valence-corrected chi connectivity index (χ0v) is 11.9. The fourth-order valence-electron chi connectivity index (χ4n) is 3.03.